The number of ether oxygens (including phenoxy) is 1. The summed E-state index contributed by atoms with van der Waals surface area (Å²) >= 11 is 0. The second-order valence-corrected chi connectivity index (χ2v) is 11.0. The van der Waals surface area contributed by atoms with Gasteiger partial charge >= 0.3 is 0 Å². The molecule has 2 saturated heterocycles. The first-order valence-corrected chi connectivity index (χ1v) is 13.9. The molecule has 4 heterocycles. The van der Waals surface area contributed by atoms with E-state index in [1.807, 2.05) is 66.8 Å². The number of likely N-dealkylation sites (tertiary alicyclic amines) is 1. The van der Waals surface area contributed by atoms with Gasteiger partial charge in [-0.15, -0.1) is 0 Å². The van der Waals surface area contributed by atoms with Crippen molar-refractivity contribution in [3.8, 4) is 0 Å². The quantitative estimate of drug-likeness (QED) is 0.440. The highest BCUT2D eigenvalue weighted by molar-refractivity contribution is 6.06. The van der Waals surface area contributed by atoms with Gasteiger partial charge in [-0.25, -0.2) is 0 Å². The molecule has 8 nitrogen and oxygen atoms in total. The van der Waals surface area contributed by atoms with E-state index in [9.17, 15) is 14.4 Å². The van der Waals surface area contributed by atoms with E-state index in [1.165, 1.54) is 0 Å². The van der Waals surface area contributed by atoms with Crippen LogP contribution in [0.3, 0.4) is 0 Å². The lowest BCUT2D eigenvalue weighted by Gasteiger charge is -2.35. The molecule has 0 aliphatic carbocycles. The molecule has 39 heavy (non-hydrogen) atoms. The third-order valence-electron chi connectivity index (χ3n) is 8.71. The van der Waals surface area contributed by atoms with Crippen molar-refractivity contribution in [3.05, 3.63) is 66.8 Å². The number of nitrogens with zero attached hydrogens (tertiary/aromatic N) is 3. The molecular formula is C31H35N3O5. The van der Waals surface area contributed by atoms with Crippen molar-refractivity contribution >= 4 is 34.2 Å². The summed E-state index contributed by atoms with van der Waals surface area (Å²) in [4.78, 5) is 47.2. The second-order valence-electron chi connectivity index (χ2n) is 11.0. The average molecular weight is 530 g/mol. The van der Waals surface area contributed by atoms with E-state index in [1.54, 1.807) is 21.7 Å². The summed E-state index contributed by atoms with van der Waals surface area (Å²) in [6.07, 6.45) is 10.1. The summed E-state index contributed by atoms with van der Waals surface area (Å²) in [6.45, 7) is 1.36. The SMILES string of the molecule is CN1CC=C[C@@H]2O[C@]34C=CCN(c5ccc6ccccc6c5)C(=O)C3N(CCCCCCO)C(=O)[C@@H]4[C@@H]2C1=O. The van der Waals surface area contributed by atoms with Crippen LogP contribution in [0.1, 0.15) is 25.7 Å². The first-order chi connectivity index (χ1) is 19.0. The number of benzene rings is 2. The van der Waals surface area contributed by atoms with Crippen molar-refractivity contribution in [2.45, 2.75) is 43.4 Å². The van der Waals surface area contributed by atoms with Crippen molar-refractivity contribution in [1.82, 2.24) is 9.80 Å². The van der Waals surface area contributed by atoms with Gasteiger partial charge in [0, 0.05) is 39.0 Å². The molecule has 6 rings (SSSR count). The summed E-state index contributed by atoms with van der Waals surface area (Å²) in [7, 11) is 1.74. The molecule has 1 spiro atoms. The molecule has 5 atom stereocenters. The van der Waals surface area contributed by atoms with Crippen molar-refractivity contribution in [2.24, 2.45) is 11.8 Å². The lowest BCUT2D eigenvalue weighted by atomic mass is 9.77. The Hall–Kier alpha value is -3.49. The predicted octanol–water partition coefficient (Wildman–Crippen LogP) is 2.90. The first-order valence-electron chi connectivity index (χ1n) is 13.9. The van der Waals surface area contributed by atoms with Crippen LogP contribution in [0.4, 0.5) is 5.69 Å². The van der Waals surface area contributed by atoms with Crippen LogP contribution in [0.5, 0.6) is 0 Å². The molecule has 2 fully saturated rings. The minimum absolute atomic E-state index is 0.125. The number of aliphatic hydroxyl groups is 1. The largest absolute Gasteiger partial charge is 0.396 e. The van der Waals surface area contributed by atoms with Gasteiger partial charge in [0.05, 0.1) is 17.9 Å². The standard InChI is InChI=1S/C31H35N3O5/c1-32-16-8-12-24-25(28(32)36)26-29(37)34(17-6-2-3-7-19-35)27-30(38)33(18-9-15-31(26,27)39-24)23-14-13-21-10-4-5-11-22(21)20-23/h4-5,8-15,20,24-27,35H,2-3,6-7,16-19H2,1H3/t24-,25+,26-,27?,31-/m0/s1. The molecule has 0 radical (unpaired) electrons. The van der Waals surface area contributed by atoms with Crippen LogP contribution in [0.15, 0.2) is 66.8 Å². The number of aliphatic hydroxyl groups excluding tert-OH is 1. The number of fused-ring (bicyclic) bond motifs is 3. The molecule has 3 amide bonds. The first kappa shape index (κ1) is 25.8. The third-order valence-corrected chi connectivity index (χ3v) is 8.71. The monoisotopic (exact) mass is 529 g/mol. The Morgan fingerprint density at radius 3 is 2.54 bits per heavy atom. The van der Waals surface area contributed by atoms with Gasteiger partial charge < -0.3 is 24.5 Å². The fourth-order valence-corrected chi connectivity index (χ4v) is 6.83. The van der Waals surface area contributed by atoms with Gasteiger partial charge in [-0.3, -0.25) is 14.4 Å². The van der Waals surface area contributed by atoms with E-state index in [0.29, 0.717) is 32.5 Å². The third kappa shape index (κ3) is 4.17. The Balaban J connectivity index is 1.39. The van der Waals surface area contributed by atoms with E-state index in [4.69, 9.17) is 9.84 Å². The summed E-state index contributed by atoms with van der Waals surface area (Å²) < 4.78 is 6.67. The van der Waals surface area contributed by atoms with Gasteiger partial charge in [-0.2, -0.15) is 0 Å². The zero-order valence-electron chi connectivity index (χ0n) is 22.2. The highest BCUT2D eigenvalue weighted by Crippen LogP contribution is 2.53. The van der Waals surface area contributed by atoms with E-state index >= 15 is 0 Å². The molecule has 0 aromatic heterocycles. The van der Waals surface area contributed by atoms with Crippen LogP contribution in [-0.4, -0.2) is 83.7 Å². The Morgan fingerprint density at radius 2 is 1.72 bits per heavy atom. The summed E-state index contributed by atoms with van der Waals surface area (Å²) in [5, 5.41) is 11.3. The van der Waals surface area contributed by atoms with Crippen molar-refractivity contribution < 1.29 is 24.2 Å². The maximum Gasteiger partial charge on any atom is 0.253 e. The molecule has 204 valence electrons. The van der Waals surface area contributed by atoms with Crippen LogP contribution >= 0.6 is 0 Å². The number of hydrogen-bond donors (Lipinski definition) is 1. The Morgan fingerprint density at radius 1 is 0.923 bits per heavy atom. The smallest absolute Gasteiger partial charge is 0.253 e. The fourth-order valence-electron chi connectivity index (χ4n) is 6.83. The maximum atomic E-state index is 14.5. The topological polar surface area (TPSA) is 90.4 Å². The number of amides is 3. The zero-order valence-corrected chi connectivity index (χ0v) is 22.2. The van der Waals surface area contributed by atoms with E-state index in [2.05, 4.69) is 0 Å². The molecule has 2 aromatic carbocycles. The lowest BCUT2D eigenvalue weighted by Crippen LogP contribution is -2.55. The molecule has 0 bridgehead atoms. The Kier molecular flexibility index (Phi) is 6.77. The molecule has 2 aromatic rings. The Bertz CT molecular complexity index is 1350. The highest BCUT2D eigenvalue weighted by atomic mass is 16.5. The summed E-state index contributed by atoms with van der Waals surface area (Å²) in [5.74, 6) is -1.94. The molecule has 4 aliphatic rings. The highest BCUT2D eigenvalue weighted by Gasteiger charge is 2.71. The van der Waals surface area contributed by atoms with E-state index in [-0.39, 0.29) is 24.3 Å². The number of likely N-dealkylation sites (N-methyl/N-ethyl adjacent to an activating group) is 1. The fraction of sp³-hybridized carbons (Fsp3) is 0.452. The maximum absolute atomic E-state index is 14.5. The normalized spacial score (nSPS) is 30.0. The summed E-state index contributed by atoms with van der Waals surface area (Å²) in [5.41, 5.74) is -0.444. The molecule has 1 unspecified atom stereocenters. The molecule has 4 aliphatic heterocycles. The van der Waals surface area contributed by atoms with Gasteiger partial charge in [0.2, 0.25) is 11.8 Å². The molecule has 8 heteroatoms. The van der Waals surface area contributed by atoms with E-state index < -0.39 is 29.6 Å². The average Bonchev–Trinajstić information content (AvgIpc) is 3.26. The number of hydrogen-bond acceptors (Lipinski definition) is 5. The van der Waals surface area contributed by atoms with Gasteiger partial charge in [0.25, 0.3) is 5.91 Å². The molecular weight excluding hydrogens is 494 g/mol. The van der Waals surface area contributed by atoms with Crippen LogP contribution in [0.25, 0.3) is 10.8 Å². The van der Waals surface area contributed by atoms with E-state index in [0.717, 1.165) is 29.3 Å². The minimum Gasteiger partial charge on any atom is -0.396 e. The van der Waals surface area contributed by atoms with Crippen molar-refractivity contribution in [3.63, 3.8) is 0 Å². The van der Waals surface area contributed by atoms with Gasteiger partial charge in [0.1, 0.15) is 11.6 Å². The molecule has 0 saturated carbocycles. The van der Waals surface area contributed by atoms with Gasteiger partial charge in [0.15, 0.2) is 0 Å². The number of carbonyl (C=O) groups excluding carboxylic acids is 3. The second kappa shape index (κ2) is 10.2. The minimum atomic E-state index is -1.21. The number of carbonyl (C=O) groups is 3. The van der Waals surface area contributed by atoms with Crippen LogP contribution < -0.4 is 4.90 Å². The van der Waals surface area contributed by atoms with Gasteiger partial charge in [-0.1, -0.05) is 67.5 Å². The van der Waals surface area contributed by atoms with Crippen molar-refractivity contribution in [2.75, 3.05) is 38.2 Å². The molecule has 1 N–H and O–H groups in total. The van der Waals surface area contributed by atoms with Gasteiger partial charge in [-0.05, 0) is 35.7 Å². The predicted molar refractivity (Wildman–Crippen MR) is 148 cm³/mol. The number of anilines is 1. The Labute approximate surface area is 228 Å². The number of unbranched alkanes of at least 4 members (excludes halogenated alkanes) is 3. The summed E-state index contributed by atoms with van der Waals surface area (Å²) in [6, 6.07) is 13.1. The lowest BCUT2D eigenvalue weighted by molar-refractivity contribution is -0.143. The van der Waals surface area contributed by atoms with Crippen LogP contribution in [0.2, 0.25) is 0 Å². The van der Waals surface area contributed by atoms with Crippen molar-refractivity contribution in [1.29, 1.82) is 0 Å². The number of rotatable bonds is 7. The zero-order chi connectivity index (χ0) is 27.1. The van der Waals surface area contributed by atoms with Crippen LogP contribution in [0, 0.1) is 11.8 Å². The van der Waals surface area contributed by atoms with Crippen LogP contribution in [-0.2, 0) is 19.1 Å².